The van der Waals surface area contributed by atoms with Gasteiger partial charge in [0.05, 0.1) is 17.2 Å². The van der Waals surface area contributed by atoms with Gasteiger partial charge < -0.3 is 14.5 Å². The first-order valence-corrected chi connectivity index (χ1v) is 14.3. The Labute approximate surface area is 259 Å². The fourth-order valence-corrected chi connectivity index (χ4v) is 5.57. The number of likely N-dealkylation sites (N-methyl/N-ethyl adjacent to an activating group) is 1. The van der Waals surface area contributed by atoms with Crippen LogP contribution in [-0.4, -0.2) is 64.4 Å². The minimum Gasteiger partial charge on any atom is -0.410 e. The first-order valence-electron chi connectivity index (χ1n) is 14.3. The lowest BCUT2D eigenvalue weighted by molar-refractivity contribution is -0.143. The first kappa shape index (κ1) is 32.6. The zero-order valence-corrected chi connectivity index (χ0v) is 24.7. The largest absolute Gasteiger partial charge is 0.416 e. The third-order valence-corrected chi connectivity index (χ3v) is 7.93. The smallest absolute Gasteiger partial charge is 0.410 e. The number of carbonyl (C=O) groups excluding carboxylic acids is 1. The highest BCUT2D eigenvalue weighted by Gasteiger charge is 2.41. The molecule has 1 aromatic heterocycles. The van der Waals surface area contributed by atoms with Gasteiger partial charge in [0.2, 0.25) is 5.95 Å². The fraction of sp³-hybridized carbons (Fsp3) is 0.400. The second-order valence-electron chi connectivity index (χ2n) is 11.1. The molecule has 2 aliphatic heterocycles. The molecule has 1 amide bonds. The molecule has 1 fully saturated rings. The summed E-state index contributed by atoms with van der Waals surface area (Å²) in [6.07, 6.45) is -5.11. The normalized spacial score (nSPS) is 19.9. The Balaban J connectivity index is 1.47. The standard InChI is InChI=1S/C30H29F6N7O3/c1-3-24-11-25(17-43(24)28(44)46-26-6-4-23(40-45)5-7-26)42(27-37-12-19(13-38-27)20-14-39-41(2)16-20)15-18-8-21(29(31,32)33)10-22(9-18)30(34,35)36/h4-10,12-14,20,24-25H,3,11,15-17H2,1-2H3/t20?,24-,25+/m1/s1. The summed E-state index contributed by atoms with van der Waals surface area (Å²) in [5.74, 6) is 0.143. The number of alkyl halides is 6. The molecular formula is C30H29F6N7O3. The molecule has 3 aromatic rings. The van der Waals surface area contributed by atoms with E-state index in [0.29, 0.717) is 31.5 Å². The van der Waals surface area contributed by atoms with Crippen LogP contribution in [0, 0.1) is 4.91 Å². The lowest BCUT2D eigenvalue weighted by atomic mass is 10.0. The Morgan fingerprint density at radius 2 is 1.63 bits per heavy atom. The van der Waals surface area contributed by atoms with Crippen molar-refractivity contribution < 1.29 is 35.9 Å². The number of amides is 1. The van der Waals surface area contributed by atoms with Gasteiger partial charge in [-0.05, 0) is 71.6 Å². The van der Waals surface area contributed by atoms with E-state index >= 15 is 0 Å². The van der Waals surface area contributed by atoms with E-state index in [1.807, 2.05) is 6.92 Å². The molecule has 0 saturated carbocycles. The summed E-state index contributed by atoms with van der Waals surface area (Å²) in [6, 6.07) is 6.05. The average Bonchev–Trinajstić information content (AvgIpc) is 3.66. The summed E-state index contributed by atoms with van der Waals surface area (Å²) < 4.78 is 87.6. The number of halogens is 6. The number of benzene rings is 2. The van der Waals surface area contributed by atoms with Gasteiger partial charge in [-0.1, -0.05) is 6.92 Å². The Hall–Kier alpha value is -4.76. The molecule has 2 aromatic carbocycles. The van der Waals surface area contributed by atoms with Gasteiger partial charge in [0.15, 0.2) is 0 Å². The summed E-state index contributed by atoms with van der Waals surface area (Å²) >= 11 is 0. The summed E-state index contributed by atoms with van der Waals surface area (Å²) in [6.45, 7) is 2.06. The van der Waals surface area contributed by atoms with Crippen LogP contribution in [0.2, 0.25) is 0 Å². The summed E-state index contributed by atoms with van der Waals surface area (Å²) in [5.41, 5.74) is -2.25. The highest BCUT2D eigenvalue weighted by atomic mass is 19.4. The van der Waals surface area contributed by atoms with Gasteiger partial charge in [0, 0.05) is 57.2 Å². The van der Waals surface area contributed by atoms with E-state index in [-0.39, 0.29) is 47.5 Å². The number of rotatable bonds is 8. The molecule has 0 aliphatic carbocycles. The van der Waals surface area contributed by atoms with Crippen LogP contribution in [0.5, 0.6) is 5.75 Å². The lowest BCUT2D eigenvalue weighted by Crippen LogP contribution is -2.41. The molecule has 3 atom stereocenters. The van der Waals surface area contributed by atoms with Crippen molar-refractivity contribution in [1.82, 2.24) is 19.9 Å². The Morgan fingerprint density at radius 1 is 1.00 bits per heavy atom. The van der Waals surface area contributed by atoms with Gasteiger partial charge in [0.1, 0.15) is 11.4 Å². The van der Waals surface area contributed by atoms with Crippen LogP contribution >= 0.6 is 0 Å². The molecule has 10 nitrogen and oxygen atoms in total. The number of ether oxygens (including phenoxy) is 1. The van der Waals surface area contributed by atoms with Crippen molar-refractivity contribution in [2.24, 2.45) is 10.3 Å². The third kappa shape index (κ3) is 7.37. The third-order valence-electron chi connectivity index (χ3n) is 7.93. The van der Waals surface area contributed by atoms with Crippen LogP contribution in [-0.2, 0) is 18.9 Å². The molecule has 2 aliphatic rings. The van der Waals surface area contributed by atoms with Gasteiger partial charge in [-0.2, -0.15) is 31.4 Å². The number of nitroso groups, excluding NO2 is 1. The van der Waals surface area contributed by atoms with Crippen LogP contribution in [0.1, 0.15) is 47.9 Å². The molecule has 0 spiro atoms. The molecule has 46 heavy (non-hydrogen) atoms. The van der Waals surface area contributed by atoms with Crippen molar-refractivity contribution in [3.8, 4) is 5.75 Å². The SMILES string of the molecule is CC[C@@H]1C[C@H](N(Cc2cc(C(F)(F)F)cc(C(F)(F)F)c2)c2ncc(C3C=NN(C)C3)cn2)CN1C(=O)Oc1ccc(N=O)cc1. The van der Waals surface area contributed by atoms with Crippen LogP contribution < -0.4 is 9.64 Å². The van der Waals surface area contributed by atoms with Gasteiger partial charge in [-0.15, -0.1) is 4.91 Å². The number of likely N-dealkylation sites (tertiary alicyclic amines) is 1. The molecule has 1 saturated heterocycles. The van der Waals surface area contributed by atoms with Crippen LogP contribution in [0.4, 0.5) is 42.8 Å². The maximum absolute atomic E-state index is 13.7. The molecule has 244 valence electrons. The highest BCUT2D eigenvalue weighted by Crippen LogP contribution is 2.37. The molecule has 1 unspecified atom stereocenters. The number of hydrogen-bond donors (Lipinski definition) is 0. The summed E-state index contributed by atoms with van der Waals surface area (Å²) in [7, 11) is 1.80. The Bertz CT molecular complexity index is 1550. The zero-order valence-electron chi connectivity index (χ0n) is 24.7. The maximum Gasteiger partial charge on any atom is 0.416 e. The quantitative estimate of drug-likeness (QED) is 0.192. The molecule has 0 bridgehead atoms. The van der Waals surface area contributed by atoms with Crippen LogP contribution in [0.3, 0.4) is 0 Å². The van der Waals surface area contributed by atoms with Gasteiger partial charge >= 0.3 is 18.4 Å². The summed E-state index contributed by atoms with van der Waals surface area (Å²) in [5, 5.41) is 8.74. The van der Waals surface area contributed by atoms with Crippen LogP contribution in [0.25, 0.3) is 0 Å². The minimum absolute atomic E-state index is 0.0294. The number of carbonyl (C=O) groups is 1. The minimum atomic E-state index is -5.02. The van der Waals surface area contributed by atoms with Crippen molar-refractivity contribution >= 4 is 23.9 Å². The van der Waals surface area contributed by atoms with Gasteiger partial charge in [0.25, 0.3) is 0 Å². The number of hydrogen-bond acceptors (Lipinski definition) is 9. The monoisotopic (exact) mass is 649 g/mol. The highest BCUT2D eigenvalue weighted by molar-refractivity contribution is 5.72. The van der Waals surface area contributed by atoms with E-state index in [1.54, 1.807) is 30.7 Å². The average molecular weight is 650 g/mol. The van der Waals surface area contributed by atoms with Gasteiger partial charge in [-0.3, -0.25) is 5.01 Å². The van der Waals surface area contributed by atoms with Crippen molar-refractivity contribution in [3.63, 3.8) is 0 Å². The Morgan fingerprint density at radius 3 is 2.15 bits per heavy atom. The van der Waals surface area contributed by atoms with Crippen LogP contribution in [0.15, 0.2) is 65.1 Å². The van der Waals surface area contributed by atoms with Crippen molar-refractivity contribution in [1.29, 1.82) is 0 Å². The molecule has 0 radical (unpaired) electrons. The van der Waals surface area contributed by atoms with E-state index in [0.717, 1.165) is 5.56 Å². The lowest BCUT2D eigenvalue weighted by Gasteiger charge is -2.30. The number of aromatic nitrogens is 2. The summed E-state index contributed by atoms with van der Waals surface area (Å²) in [4.78, 5) is 35.8. The van der Waals surface area contributed by atoms with E-state index in [9.17, 15) is 36.0 Å². The molecule has 5 rings (SSSR count). The van der Waals surface area contributed by atoms with E-state index in [4.69, 9.17) is 4.74 Å². The first-order chi connectivity index (χ1) is 21.7. The zero-order chi connectivity index (χ0) is 33.2. The van der Waals surface area contributed by atoms with Crippen molar-refractivity contribution in [3.05, 3.63) is 82.0 Å². The van der Waals surface area contributed by atoms with Crippen molar-refractivity contribution in [2.45, 2.75) is 56.7 Å². The van der Waals surface area contributed by atoms with E-state index in [1.165, 1.54) is 34.1 Å². The van der Waals surface area contributed by atoms with E-state index in [2.05, 4.69) is 20.2 Å². The molecular weight excluding hydrogens is 620 g/mol. The Kier molecular flexibility index (Phi) is 9.17. The predicted molar refractivity (Wildman–Crippen MR) is 156 cm³/mol. The topological polar surface area (TPSA) is 104 Å². The fourth-order valence-electron chi connectivity index (χ4n) is 5.57. The second-order valence-corrected chi connectivity index (χ2v) is 11.1. The second kappa shape index (κ2) is 12.9. The number of nitrogens with zero attached hydrogens (tertiary/aromatic N) is 7. The number of anilines is 1. The number of hydrazone groups is 1. The maximum atomic E-state index is 13.7. The van der Waals surface area contributed by atoms with Gasteiger partial charge in [-0.25, -0.2) is 14.8 Å². The van der Waals surface area contributed by atoms with Crippen molar-refractivity contribution in [2.75, 3.05) is 25.0 Å². The predicted octanol–water partition coefficient (Wildman–Crippen LogP) is 6.99. The molecule has 0 N–H and O–H groups in total. The molecule has 3 heterocycles. The van der Waals surface area contributed by atoms with E-state index < -0.39 is 42.2 Å². The molecule has 16 heteroatoms.